The minimum absolute atomic E-state index is 0.0553. The number of unbranched alkanes of at least 4 members (excludes halogenated alkanes) is 2. The molecule has 0 unspecified atom stereocenters. The number of rotatable bonds is 10. The largest absolute Gasteiger partial charge is 0.394 e. The van der Waals surface area contributed by atoms with Gasteiger partial charge in [-0.1, -0.05) is 22.4 Å². The molecule has 184 valence electrons. The Kier molecular flexibility index (Phi) is 9.30. The van der Waals surface area contributed by atoms with Crippen molar-refractivity contribution >= 4 is 33.6 Å². The van der Waals surface area contributed by atoms with Gasteiger partial charge in [-0.05, 0) is 43.2 Å². The van der Waals surface area contributed by atoms with Crippen LogP contribution in [-0.2, 0) is 9.53 Å². The molecule has 1 aromatic heterocycles. The Morgan fingerprint density at radius 1 is 1.09 bits per heavy atom. The third-order valence-electron chi connectivity index (χ3n) is 5.36. The van der Waals surface area contributed by atoms with Gasteiger partial charge in [-0.2, -0.15) is 4.98 Å². The molecule has 4 atom stereocenters. The summed E-state index contributed by atoms with van der Waals surface area (Å²) in [4.78, 5) is 40.2. The maximum atomic E-state index is 12.3. The number of benzene rings is 1. The fourth-order valence-electron chi connectivity index (χ4n) is 3.48. The zero-order chi connectivity index (χ0) is 24.7. The summed E-state index contributed by atoms with van der Waals surface area (Å²) in [7, 11) is 0. The predicted molar refractivity (Wildman–Crippen MR) is 125 cm³/mol. The Morgan fingerprint density at radius 2 is 1.82 bits per heavy atom. The highest BCUT2D eigenvalue weighted by Crippen LogP contribution is 2.28. The second-order valence-electron chi connectivity index (χ2n) is 7.85. The molecule has 1 aliphatic heterocycles. The summed E-state index contributed by atoms with van der Waals surface area (Å²) in [6, 6.07) is 8.44. The monoisotopic (exact) mass is 538 g/mol. The van der Waals surface area contributed by atoms with Crippen LogP contribution in [0.25, 0.3) is 0 Å². The maximum absolute atomic E-state index is 12.3. The van der Waals surface area contributed by atoms with Crippen molar-refractivity contribution in [2.45, 2.75) is 50.2 Å². The minimum Gasteiger partial charge on any atom is -0.394 e. The van der Waals surface area contributed by atoms with Crippen molar-refractivity contribution in [1.29, 1.82) is 0 Å². The summed E-state index contributed by atoms with van der Waals surface area (Å²) in [5.74, 6) is -0.404. The lowest BCUT2D eigenvalue weighted by Gasteiger charge is -2.17. The molecule has 2 aromatic rings. The first-order valence-corrected chi connectivity index (χ1v) is 11.6. The van der Waals surface area contributed by atoms with Crippen LogP contribution in [0.5, 0.6) is 0 Å². The van der Waals surface area contributed by atoms with Crippen LogP contribution >= 0.6 is 15.9 Å². The summed E-state index contributed by atoms with van der Waals surface area (Å²) < 4.78 is 7.20. The molecule has 5 N–H and O–H groups in total. The zero-order valence-electron chi connectivity index (χ0n) is 18.3. The van der Waals surface area contributed by atoms with E-state index in [1.807, 2.05) is 0 Å². The summed E-state index contributed by atoms with van der Waals surface area (Å²) in [5.41, 5.74) is -0.204. The number of hydrogen-bond donors (Lipinski definition) is 5. The van der Waals surface area contributed by atoms with Gasteiger partial charge in [-0.25, -0.2) is 4.79 Å². The van der Waals surface area contributed by atoms with Crippen LogP contribution in [0.1, 0.15) is 42.3 Å². The van der Waals surface area contributed by atoms with Gasteiger partial charge in [0, 0.05) is 29.2 Å². The number of carbonyl (C=O) groups excluding carboxylic acids is 2. The third kappa shape index (κ3) is 6.70. The molecule has 0 radical (unpaired) electrons. The van der Waals surface area contributed by atoms with E-state index in [9.17, 15) is 24.6 Å². The van der Waals surface area contributed by atoms with Crippen molar-refractivity contribution in [2.75, 3.05) is 18.5 Å². The number of halogens is 1. The number of hydrogen-bond acceptors (Lipinski definition) is 8. The predicted octanol–water partition coefficient (Wildman–Crippen LogP) is 0.546. The van der Waals surface area contributed by atoms with Crippen LogP contribution in [0.15, 0.2) is 45.8 Å². The summed E-state index contributed by atoms with van der Waals surface area (Å²) in [6.45, 7) is -0.0141. The Balaban J connectivity index is 1.38. The lowest BCUT2D eigenvalue weighted by molar-refractivity contribution is -0.116. The third-order valence-corrected chi connectivity index (χ3v) is 5.89. The molecule has 1 fully saturated rings. The lowest BCUT2D eigenvalue weighted by Crippen LogP contribution is -2.36. The molecule has 1 aliphatic rings. The van der Waals surface area contributed by atoms with E-state index in [4.69, 9.17) is 9.84 Å². The number of aliphatic hydroxyl groups excluding tert-OH is 3. The highest BCUT2D eigenvalue weighted by Gasteiger charge is 2.43. The Labute approximate surface area is 203 Å². The van der Waals surface area contributed by atoms with Crippen LogP contribution in [0.4, 0.5) is 5.82 Å². The van der Waals surface area contributed by atoms with Gasteiger partial charge in [0.15, 0.2) is 6.23 Å². The molecule has 2 amide bonds. The minimum atomic E-state index is -1.41. The van der Waals surface area contributed by atoms with Crippen LogP contribution in [0.3, 0.4) is 0 Å². The Morgan fingerprint density at radius 3 is 2.47 bits per heavy atom. The van der Waals surface area contributed by atoms with Gasteiger partial charge in [0.05, 0.1) is 6.61 Å². The molecule has 1 saturated heterocycles. The lowest BCUT2D eigenvalue weighted by atomic mass is 10.1. The van der Waals surface area contributed by atoms with E-state index in [0.29, 0.717) is 24.9 Å². The molecule has 34 heavy (non-hydrogen) atoms. The summed E-state index contributed by atoms with van der Waals surface area (Å²) >= 11 is 3.32. The van der Waals surface area contributed by atoms with Crippen molar-refractivity contribution < 1.29 is 29.6 Å². The average molecular weight is 539 g/mol. The van der Waals surface area contributed by atoms with E-state index < -0.39 is 36.8 Å². The second kappa shape index (κ2) is 12.2. The van der Waals surface area contributed by atoms with Gasteiger partial charge < -0.3 is 30.7 Å². The van der Waals surface area contributed by atoms with E-state index in [2.05, 4.69) is 31.5 Å². The molecule has 2 heterocycles. The van der Waals surface area contributed by atoms with Gasteiger partial charge in [0.1, 0.15) is 24.1 Å². The summed E-state index contributed by atoms with van der Waals surface area (Å²) in [5, 5.41) is 34.4. The average Bonchev–Trinajstić information content (AvgIpc) is 3.10. The molecule has 11 nitrogen and oxygen atoms in total. The fraction of sp³-hybridized carbons (Fsp3) is 0.455. The molecular formula is C22H27BrN4O7. The molecule has 0 saturated carbocycles. The fourth-order valence-corrected chi connectivity index (χ4v) is 3.75. The highest BCUT2D eigenvalue weighted by atomic mass is 79.9. The molecule has 0 spiro atoms. The molecule has 1 aromatic carbocycles. The van der Waals surface area contributed by atoms with Crippen molar-refractivity contribution in [2.24, 2.45) is 0 Å². The number of aliphatic hydroxyl groups is 3. The van der Waals surface area contributed by atoms with E-state index in [-0.39, 0.29) is 24.1 Å². The van der Waals surface area contributed by atoms with Crippen molar-refractivity contribution in [3.05, 3.63) is 57.0 Å². The second-order valence-corrected chi connectivity index (χ2v) is 8.77. The van der Waals surface area contributed by atoms with Crippen LogP contribution < -0.4 is 16.3 Å². The van der Waals surface area contributed by atoms with E-state index in [1.165, 1.54) is 12.3 Å². The van der Waals surface area contributed by atoms with E-state index in [0.717, 1.165) is 15.5 Å². The van der Waals surface area contributed by atoms with Crippen molar-refractivity contribution in [1.82, 2.24) is 14.9 Å². The Hall–Kier alpha value is -2.64. The first-order chi connectivity index (χ1) is 16.3. The van der Waals surface area contributed by atoms with Crippen LogP contribution in [0, 0.1) is 0 Å². The van der Waals surface area contributed by atoms with Gasteiger partial charge in [-0.15, -0.1) is 0 Å². The zero-order valence-corrected chi connectivity index (χ0v) is 19.8. The van der Waals surface area contributed by atoms with Crippen molar-refractivity contribution in [3.63, 3.8) is 0 Å². The van der Waals surface area contributed by atoms with E-state index in [1.54, 1.807) is 24.3 Å². The topological polar surface area (TPSA) is 163 Å². The number of amides is 2. The number of aromatic nitrogens is 2. The number of ether oxygens (including phenoxy) is 1. The maximum Gasteiger partial charge on any atom is 0.351 e. The molecule has 3 rings (SSSR count). The van der Waals surface area contributed by atoms with Gasteiger partial charge >= 0.3 is 5.69 Å². The van der Waals surface area contributed by atoms with Gasteiger partial charge in [0.25, 0.3) is 5.91 Å². The van der Waals surface area contributed by atoms with Crippen LogP contribution in [-0.4, -0.2) is 68.1 Å². The number of carbonyl (C=O) groups is 2. The van der Waals surface area contributed by atoms with Crippen LogP contribution in [0.2, 0.25) is 0 Å². The number of nitrogens with one attached hydrogen (secondary N) is 2. The molecular weight excluding hydrogens is 512 g/mol. The smallest absolute Gasteiger partial charge is 0.351 e. The quantitative estimate of drug-likeness (QED) is 0.273. The van der Waals surface area contributed by atoms with Crippen molar-refractivity contribution in [3.8, 4) is 0 Å². The normalized spacial score (nSPS) is 21.9. The number of nitrogens with zero attached hydrogens (tertiary/aromatic N) is 2. The molecule has 0 aliphatic carbocycles. The van der Waals surface area contributed by atoms with Gasteiger partial charge in [-0.3, -0.25) is 14.2 Å². The Bertz CT molecular complexity index is 1050. The summed E-state index contributed by atoms with van der Waals surface area (Å²) in [6.07, 6.45) is -1.39. The van der Waals surface area contributed by atoms with E-state index >= 15 is 0 Å². The first-order valence-electron chi connectivity index (χ1n) is 10.9. The first kappa shape index (κ1) is 26.0. The molecule has 0 bridgehead atoms. The highest BCUT2D eigenvalue weighted by molar-refractivity contribution is 9.10. The standard InChI is InChI=1S/C22H27BrN4O7/c23-14-7-5-13(6-8-14)20(32)24-10-3-1-2-4-17(29)25-16-9-11-27(22(33)26-16)21-19(31)18(30)15(12-28)34-21/h5-9,11,15,18-19,21,28,30-31H,1-4,10,12H2,(H,24,32)(H,25,26,29,33)/t15-,18-,19-,21-/m1/s1. The molecule has 12 heteroatoms. The SMILES string of the molecule is O=C(CCCCCNC(=O)c1ccc(Br)cc1)Nc1ccn([C@@H]2O[C@H](CO)[C@@H](O)[C@H]2O)c(=O)n1. The number of anilines is 1. The van der Waals surface area contributed by atoms with Gasteiger partial charge in [0.2, 0.25) is 5.91 Å².